The summed E-state index contributed by atoms with van der Waals surface area (Å²) in [7, 11) is 0. The van der Waals surface area contributed by atoms with Gasteiger partial charge in [0, 0.05) is 25.6 Å². The van der Waals surface area contributed by atoms with Gasteiger partial charge >= 0.3 is 0 Å². The average Bonchev–Trinajstić information content (AvgIpc) is 3.04. The van der Waals surface area contributed by atoms with E-state index in [0.29, 0.717) is 17.0 Å². The maximum Gasteiger partial charge on any atom is 0.282 e. The first-order valence-electron chi connectivity index (χ1n) is 8.03. The third kappa shape index (κ3) is 2.42. The molecule has 0 radical (unpaired) electrons. The van der Waals surface area contributed by atoms with Crippen molar-refractivity contribution in [3.05, 3.63) is 36.4 Å². The summed E-state index contributed by atoms with van der Waals surface area (Å²) in [5, 5.41) is 3.98. The lowest BCUT2D eigenvalue weighted by molar-refractivity contribution is -0.133. The van der Waals surface area contributed by atoms with Crippen LogP contribution in [0.3, 0.4) is 0 Å². The van der Waals surface area contributed by atoms with Crippen molar-refractivity contribution in [2.24, 2.45) is 0 Å². The molecule has 0 aromatic carbocycles. The maximum atomic E-state index is 12.9. The predicted molar refractivity (Wildman–Crippen MR) is 84.5 cm³/mol. The standard InChI is InChI=1S/C16H14F2N6O/c17-16(18)11-1-2-14-19-5-13(24(14)22-11)12-4-15(21-8-20-12)23-6-9-3-10(7-23)25-9/h1-2,4-5,8-10,16H,3,6-7H2. The molecule has 3 aromatic heterocycles. The molecule has 0 aliphatic carbocycles. The summed E-state index contributed by atoms with van der Waals surface area (Å²) in [5.74, 6) is 0.794. The topological polar surface area (TPSA) is 68.4 Å². The molecule has 6 heterocycles. The second kappa shape index (κ2) is 5.41. The van der Waals surface area contributed by atoms with E-state index in [2.05, 4.69) is 25.0 Å². The lowest BCUT2D eigenvalue weighted by Crippen LogP contribution is -2.57. The van der Waals surface area contributed by atoms with Crippen LogP contribution >= 0.6 is 0 Å². The predicted octanol–water partition coefficient (Wildman–Crippen LogP) is 2.10. The van der Waals surface area contributed by atoms with Crippen molar-refractivity contribution in [1.29, 1.82) is 0 Å². The molecular weight excluding hydrogens is 330 g/mol. The van der Waals surface area contributed by atoms with E-state index in [1.807, 2.05) is 6.07 Å². The Balaban J connectivity index is 1.54. The number of ether oxygens (including phenoxy) is 1. The molecule has 128 valence electrons. The zero-order chi connectivity index (χ0) is 17.0. The Kier molecular flexibility index (Phi) is 3.17. The van der Waals surface area contributed by atoms with E-state index in [-0.39, 0.29) is 17.9 Å². The molecule has 0 N–H and O–H groups in total. The van der Waals surface area contributed by atoms with Crippen LogP contribution in [0.5, 0.6) is 0 Å². The van der Waals surface area contributed by atoms with Gasteiger partial charge in [0.1, 0.15) is 23.5 Å². The smallest absolute Gasteiger partial charge is 0.282 e. The first kappa shape index (κ1) is 14.6. The first-order valence-corrected chi connectivity index (χ1v) is 8.03. The number of nitrogens with zero attached hydrogens (tertiary/aromatic N) is 6. The fourth-order valence-electron chi connectivity index (χ4n) is 3.38. The molecule has 9 heteroatoms. The van der Waals surface area contributed by atoms with Crippen molar-refractivity contribution in [3.63, 3.8) is 0 Å². The van der Waals surface area contributed by atoms with Crippen LogP contribution in [-0.2, 0) is 4.74 Å². The van der Waals surface area contributed by atoms with Crippen LogP contribution in [0, 0.1) is 0 Å². The van der Waals surface area contributed by atoms with E-state index in [4.69, 9.17) is 4.74 Å². The lowest BCUT2D eigenvalue weighted by Gasteiger charge is -2.47. The summed E-state index contributed by atoms with van der Waals surface area (Å²) in [5.41, 5.74) is 1.35. The van der Waals surface area contributed by atoms with Crippen LogP contribution in [0.4, 0.5) is 14.6 Å². The van der Waals surface area contributed by atoms with E-state index >= 15 is 0 Å². The minimum absolute atomic E-state index is 0.267. The van der Waals surface area contributed by atoms with Gasteiger partial charge < -0.3 is 9.64 Å². The quantitative estimate of drug-likeness (QED) is 0.725. The third-order valence-electron chi connectivity index (χ3n) is 4.60. The van der Waals surface area contributed by atoms with Crippen LogP contribution in [0.1, 0.15) is 18.5 Å². The lowest BCUT2D eigenvalue weighted by atomic mass is 9.99. The molecule has 2 bridgehead atoms. The van der Waals surface area contributed by atoms with Gasteiger partial charge in [0.25, 0.3) is 6.43 Å². The number of halogens is 2. The highest BCUT2D eigenvalue weighted by Crippen LogP contribution is 2.31. The number of rotatable bonds is 3. The van der Waals surface area contributed by atoms with Gasteiger partial charge in [0.2, 0.25) is 0 Å². The van der Waals surface area contributed by atoms with Gasteiger partial charge in [-0.05, 0) is 12.1 Å². The molecule has 3 aromatic rings. The van der Waals surface area contributed by atoms with Crippen LogP contribution in [0.2, 0.25) is 0 Å². The number of aromatic nitrogens is 5. The van der Waals surface area contributed by atoms with E-state index < -0.39 is 6.43 Å². The molecular formula is C16H14F2N6O. The molecule has 2 atom stereocenters. The number of imidazole rings is 1. The zero-order valence-corrected chi connectivity index (χ0v) is 13.1. The van der Waals surface area contributed by atoms with Crippen LogP contribution in [-0.4, -0.2) is 49.9 Å². The van der Waals surface area contributed by atoms with Crippen molar-refractivity contribution in [3.8, 4) is 11.4 Å². The number of hydrogen-bond acceptors (Lipinski definition) is 6. The highest BCUT2D eigenvalue weighted by Gasteiger charge is 2.38. The summed E-state index contributed by atoms with van der Waals surface area (Å²) >= 11 is 0. The highest BCUT2D eigenvalue weighted by atomic mass is 19.3. The molecule has 0 amide bonds. The normalized spacial score (nSPS) is 22.4. The summed E-state index contributed by atoms with van der Waals surface area (Å²) in [4.78, 5) is 15.0. The van der Waals surface area contributed by atoms with Crippen molar-refractivity contribution >= 4 is 11.5 Å². The van der Waals surface area contributed by atoms with Crippen molar-refractivity contribution in [1.82, 2.24) is 24.6 Å². The summed E-state index contributed by atoms with van der Waals surface area (Å²) < 4.78 is 32.9. The number of piperidine rings is 1. The van der Waals surface area contributed by atoms with E-state index in [0.717, 1.165) is 25.3 Å². The molecule has 6 rings (SSSR count). The van der Waals surface area contributed by atoms with Gasteiger partial charge in [-0.15, -0.1) is 0 Å². The number of fused-ring (bicyclic) bond motifs is 3. The maximum absolute atomic E-state index is 12.9. The average molecular weight is 344 g/mol. The van der Waals surface area contributed by atoms with Crippen LogP contribution in [0.25, 0.3) is 17.0 Å². The monoisotopic (exact) mass is 344 g/mol. The summed E-state index contributed by atoms with van der Waals surface area (Å²) in [6.45, 7) is 1.60. The Morgan fingerprint density at radius 1 is 1.12 bits per heavy atom. The first-order chi connectivity index (χ1) is 12.2. The number of anilines is 1. The molecule has 0 spiro atoms. The molecule has 7 nitrogen and oxygen atoms in total. The molecule has 3 fully saturated rings. The fraction of sp³-hybridized carbons (Fsp3) is 0.375. The van der Waals surface area contributed by atoms with E-state index in [1.54, 1.807) is 6.20 Å². The number of hydrogen-bond donors (Lipinski definition) is 0. The van der Waals surface area contributed by atoms with Crippen molar-refractivity contribution in [2.75, 3.05) is 18.0 Å². The SMILES string of the molecule is FC(F)c1ccc2ncc(-c3cc(N4CC5CC(C4)O5)ncn3)n2n1. The second-order valence-corrected chi connectivity index (χ2v) is 6.25. The Morgan fingerprint density at radius 2 is 1.92 bits per heavy atom. The molecule has 0 saturated carbocycles. The number of alkyl halides is 2. The van der Waals surface area contributed by atoms with Gasteiger partial charge in [-0.2, -0.15) is 5.10 Å². The third-order valence-corrected chi connectivity index (χ3v) is 4.60. The molecule has 3 saturated heterocycles. The zero-order valence-electron chi connectivity index (χ0n) is 13.1. The molecule has 25 heavy (non-hydrogen) atoms. The van der Waals surface area contributed by atoms with E-state index in [9.17, 15) is 8.78 Å². The fourth-order valence-corrected chi connectivity index (χ4v) is 3.38. The Morgan fingerprint density at radius 3 is 2.68 bits per heavy atom. The summed E-state index contributed by atoms with van der Waals surface area (Å²) in [6, 6.07) is 4.64. The summed E-state index contributed by atoms with van der Waals surface area (Å²) in [6.07, 6.45) is 2.05. The minimum atomic E-state index is -2.64. The minimum Gasteiger partial charge on any atom is -0.371 e. The largest absolute Gasteiger partial charge is 0.371 e. The Labute approximate surface area is 141 Å². The molecule has 3 aliphatic heterocycles. The van der Waals surface area contributed by atoms with Crippen molar-refractivity contribution in [2.45, 2.75) is 25.1 Å². The molecule has 2 unspecified atom stereocenters. The highest BCUT2D eigenvalue weighted by molar-refractivity contribution is 5.62. The van der Waals surface area contributed by atoms with Gasteiger partial charge in [-0.25, -0.2) is 28.2 Å². The van der Waals surface area contributed by atoms with Gasteiger partial charge in [-0.3, -0.25) is 0 Å². The van der Waals surface area contributed by atoms with Gasteiger partial charge in [0.05, 0.1) is 24.1 Å². The Hall–Kier alpha value is -2.68. The van der Waals surface area contributed by atoms with Gasteiger partial charge in [0.15, 0.2) is 5.65 Å². The van der Waals surface area contributed by atoms with Crippen molar-refractivity contribution < 1.29 is 13.5 Å². The second-order valence-electron chi connectivity index (χ2n) is 6.25. The number of morpholine rings is 1. The molecule has 3 aliphatic rings. The van der Waals surface area contributed by atoms with Crippen LogP contribution < -0.4 is 4.90 Å². The Bertz CT molecular complexity index is 929. The van der Waals surface area contributed by atoms with Crippen LogP contribution in [0.15, 0.2) is 30.7 Å². The van der Waals surface area contributed by atoms with E-state index in [1.165, 1.54) is 23.0 Å². The van der Waals surface area contributed by atoms with Gasteiger partial charge in [-0.1, -0.05) is 0 Å².